The molecule has 0 aliphatic rings. The van der Waals surface area contributed by atoms with Crippen molar-refractivity contribution < 1.29 is 18.3 Å². The second-order valence-corrected chi connectivity index (χ2v) is 6.96. The smallest absolute Gasteiger partial charge is 0.255 e. The molecule has 2 rings (SSSR count). The topological polar surface area (TPSA) is 86.7 Å². The van der Waals surface area contributed by atoms with Crippen LogP contribution in [0.15, 0.2) is 53.4 Å². The number of phenolic OH excluding ortho intramolecular Hbond substituents is 1. The van der Waals surface area contributed by atoms with E-state index in [4.69, 9.17) is 0 Å². The number of sulfonamides is 1. The summed E-state index contributed by atoms with van der Waals surface area (Å²) in [6, 6.07) is 11.7. The lowest BCUT2D eigenvalue weighted by atomic mass is 10.2. The van der Waals surface area contributed by atoms with Crippen molar-refractivity contribution in [2.45, 2.75) is 4.90 Å². The number of anilines is 1. The minimum atomic E-state index is -3.51. The van der Waals surface area contributed by atoms with Crippen LogP contribution in [0.3, 0.4) is 0 Å². The standard InChI is InChI=1S/C15H16N2O4S/c1-17(2)22(20,21)14-9-3-11(4-10-14)15(19)16-12-5-7-13(18)8-6-12/h3-10,18H,1-2H3,(H,16,19). The van der Waals surface area contributed by atoms with Gasteiger partial charge in [0, 0.05) is 25.3 Å². The molecule has 0 saturated carbocycles. The highest BCUT2D eigenvalue weighted by Crippen LogP contribution is 2.17. The lowest BCUT2D eigenvalue weighted by Crippen LogP contribution is -2.22. The molecule has 0 fully saturated rings. The molecule has 2 N–H and O–H groups in total. The summed E-state index contributed by atoms with van der Waals surface area (Å²) in [5.74, 6) is -0.254. The summed E-state index contributed by atoms with van der Waals surface area (Å²) in [5.41, 5.74) is 0.874. The second kappa shape index (κ2) is 6.17. The Morgan fingerprint density at radius 3 is 2.05 bits per heavy atom. The molecule has 0 saturated heterocycles. The molecule has 0 aliphatic carbocycles. The third-order valence-electron chi connectivity index (χ3n) is 3.02. The van der Waals surface area contributed by atoms with Crippen LogP contribution in [0.5, 0.6) is 5.75 Å². The number of nitrogens with zero attached hydrogens (tertiary/aromatic N) is 1. The zero-order valence-corrected chi connectivity index (χ0v) is 13.0. The number of aromatic hydroxyl groups is 1. The predicted molar refractivity (Wildman–Crippen MR) is 83.4 cm³/mol. The highest BCUT2D eigenvalue weighted by molar-refractivity contribution is 7.89. The van der Waals surface area contributed by atoms with Crippen LogP contribution in [0.1, 0.15) is 10.4 Å². The fourth-order valence-electron chi connectivity index (χ4n) is 1.74. The quantitative estimate of drug-likeness (QED) is 0.842. The van der Waals surface area contributed by atoms with Crippen LogP contribution in [0.25, 0.3) is 0 Å². The van der Waals surface area contributed by atoms with E-state index in [9.17, 15) is 18.3 Å². The van der Waals surface area contributed by atoms with E-state index in [-0.39, 0.29) is 16.6 Å². The average molecular weight is 320 g/mol. The Morgan fingerprint density at radius 1 is 1.00 bits per heavy atom. The van der Waals surface area contributed by atoms with Crippen molar-refractivity contribution in [3.63, 3.8) is 0 Å². The van der Waals surface area contributed by atoms with Gasteiger partial charge >= 0.3 is 0 Å². The van der Waals surface area contributed by atoms with Crippen molar-refractivity contribution in [1.82, 2.24) is 4.31 Å². The number of benzene rings is 2. The molecule has 0 spiro atoms. The Bertz CT molecular complexity index is 766. The molecule has 2 aromatic carbocycles. The first-order valence-electron chi connectivity index (χ1n) is 6.43. The van der Waals surface area contributed by atoms with Crippen molar-refractivity contribution >= 4 is 21.6 Å². The maximum atomic E-state index is 12.1. The first-order valence-corrected chi connectivity index (χ1v) is 7.87. The van der Waals surface area contributed by atoms with Gasteiger partial charge in [0.15, 0.2) is 0 Å². The average Bonchev–Trinajstić information content (AvgIpc) is 2.49. The number of carbonyl (C=O) groups is 1. The Morgan fingerprint density at radius 2 is 1.55 bits per heavy atom. The summed E-state index contributed by atoms with van der Waals surface area (Å²) in [7, 11) is -0.619. The van der Waals surface area contributed by atoms with Gasteiger partial charge in [-0.3, -0.25) is 4.79 Å². The van der Waals surface area contributed by atoms with Crippen LogP contribution in [0.4, 0.5) is 5.69 Å². The zero-order valence-electron chi connectivity index (χ0n) is 12.1. The van der Waals surface area contributed by atoms with E-state index in [1.165, 1.54) is 50.5 Å². The summed E-state index contributed by atoms with van der Waals surface area (Å²) in [4.78, 5) is 12.2. The van der Waals surface area contributed by atoms with E-state index in [2.05, 4.69) is 5.32 Å². The lowest BCUT2D eigenvalue weighted by Gasteiger charge is -2.11. The van der Waals surface area contributed by atoms with E-state index >= 15 is 0 Å². The van der Waals surface area contributed by atoms with E-state index < -0.39 is 10.0 Å². The van der Waals surface area contributed by atoms with Crippen LogP contribution in [-0.4, -0.2) is 37.8 Å². The van der Waals surface area contributed by atoms with Crippen molar-refractivity contribution in [3.8, 4) is 5.75 Å². The third-order valence-corrected chi connectivity index (χ3v) is 4.85. The largest absolute Gasteiger partial charge is 0.508 e. The van der Waals surface area contributed by atoms with Gasteiger partial charge in [0.05, 0.1) is 4.90 Å². The van der Waals surface area contributed by atoms with Crippen LogP contribution in [0, 0.1) is 0 Å². The Labute approximate surface area is 129 Å². The first-order chi connectivity index (χ1) is 10.3. The Hall–Kier alpha value is -2.38. The minimum absolute atomic E-state index is 0.108. The summed E-state index contributed by atoms with van der Waals surface area (Å²) in [6.45, 7) is 0. The van der Waals surface area contributed by atoms with E-state index in [1.54, 1.807) is 12.1 Å². The van der Waals surface area contributed by atoms with E-state index in [0.717, 1.165) is 4.31 Å². The summed E-state index contributed by atoms with van der Waals surface area (Å²) in [6.07, 6.45) is 0. The maximum Gasteiger partial charge on any atom is 0.255 e. The molecular weight excluding hydrogens is 304 g/mol. The molecule has 0 aliphatic heterocycles. The molecule has 0 heterocycles. The normalized spacial score (nSPS) is 11.4. The van der Waals surface area contributed by atoms with Gasteiger partial charge in [0.25, 0.3) is 5.91 Å². The van der Waals surface area contributed by atoms with Crippen LogP contribution in [0.2, 0.25) is 0 Å². The monoisotopic (exact) mass is 320 g/mol. The van der Waals surface area contributed by atoms with Gasteiger partial charge in [-0.05, 0) is 48.5 Å². The Kier molecular flexibility index (Phi) is 4.48. The summed E-state index contributed by atoms with van der Waals surface area (Å²) in [5, 5.41) is 11.8. The van der Waals surface area contributed by atoms with Crippen LogP contribution >= 0.6 is 0 Å². The fraction of sp³-hybridized carbons (Fsp3) is 0.133. The van der Waals surface area contributed by atoms with Gasteiger partial charge in [-0.25, -0.2) is 12.7 Å². The first kappa shape index (κ1) is 16.0. The van der Waals surface area contributed by atoms with Crippen LogP contribution < -0.4 is 5.32 Å². The van der Waals surface area contributed by atoms with Gasteiger partial charge in [-0.15, -0.1) is 0 Å². The van der Waals surface area contributed by atoms with Gasteiger partial charge in [-0.1, -0.05) is 0 Å². The van der Waals surface area contributed by atoms with Gasteiger partial charge in [0.2, 0.25) is 10.0 Å². The van der Waals surface area contributed by atoms with Crippen molar-refractivity contribution in [3.05, 3.63) is 54.1 Å². The molecule has 0 bridgehead atoms. The molecule has 0 radical (unpaired) electrons. The molecular formula is C15H16N2O4S. The molecule has 1 amide bonds. The molecule has 0 unspecified atom stereocenters. The van der Waals surface area contributed by atoms with E-state index in [1.807, 2.05) is 0 Å². The lowest BCUT2D eigenvalue weighted by molar-refractivity contribution is 0.102. The number of amides is 1. The number of hydrogen-bond donors (Lipinski definition) is 2. The Balaban J connectivity index is 2.16. The maximum absolute atomic E-state index is 12.1. The molecule has 6 nitrogen and oxygen atoms in total. The molecule has 7 heteroatoms. The number of phenols is 1. The van der Waals surface area contributed by atoms with Crippen LogP contribution in [-0.2, 0) is 10.0 Å². The summed E-state index contributed by atoms with van der Waals surface area (Å²) < 4.78 is 25.0. The van der Waals surface area contributed by atoms with Crippen molar-refractivity contribution in [2.24, 2.45) is 0 Å². The zero-order chi connectivity index (χ0) is 16.3. The molecule has 2 aromatic rings. The number of hydrogen-bond acceptors (Lipinski definition) is 4. The summed E-state index contributed by atoms with van der Waals surface area (Å²) >= 11 is 0. The molecule has 0 aromatic heterocycles. The number of carbonyl (C=O) groups excluding carboxylic acids is 1. The highest BCUT2D eigenvalue weighted by Gasteiger charge is 2.17. The predicted octanol–water partition coefficient (Wildman–Crippen LogP) is 1.89. The number of nitrogens with one attached hydrogen (secondary N) is 1. The number of rotatable bonds is 4. The van der Waals surface area contributed by atoms with Gasteiger partial charge < -0.3 is 10.4 Å². The van der Waals surface area contributed by atoms with Crippen molar-refractivity contribution in [1.29, 1.82) is 0 Å². The third kappa shape index (κ3) is 3.44. The van der Waals surface area contributed by atoms with Gasteiger partial charge in [0.1, 0.15) is 5.75 Å². The highest BCUT2D eigenvalue weighted by atomic mass is 32.2. The SMILES string of the molecule is CN(C)S(=O)(=O)c1ccc(C(=O)Nc2ccc(O)cc2)cc1. The van der Waals surface area contributed by atoms with E-state index in [0.29, 0.717) is 11.3 Å². The fourth-order valence-corrected chi connectivity index (χ4v) is 2.64. The van der Waals surface area contributed by atoms with Gasteiger partial charge in [-0.2, -0.15) is 0 Å². The molecule has 22 heavy (non-hydrogen) atoms. The molecule has 116 valence electrons. The molecule has 0 atom stereocenters. The second-order valence-electron chi connectivity index (χ2n) is 4.81. The minimum Gasteiger partial charge on any atom is -0.508 e. The van der Waals surface area contributed by atoms with Crippen molar-refractivity contribution in [2.75, 3.05) is 19.4 Å².